The minimum atomic E-state index is -0.804. The minimum absolute atomic E-state index is 0.124. The number of aliphatic carboxylic acids is 1. The second kappa shape index (κ2) is 6.62. The fraction of sp³-hybridized carbons (Fsp3) is 0.846. The predicted octanol–water partition coefficient (Wildman–Crippen LogP) is 2.33. The molecule has 0 heterocycles. The van der Waals surface area contributed by atoms with Crippen LogP contribution in [0.4, 0.5) is 0 Å². The fourth-order valence-corrected chi connectivity index (χ4v) is 2.60. The molecular weight excluding hydrogens is 218 g/mol. The van der Waals surface area contributed by atoms with Crippen LogP contribution in [0, 0.1) is 5.41 Å². The molecule has 1 rings (SSSR count). The quantitative estimate of drug-likeness (QED) is 0.701. The third-order valence-electron chi connectivity index (χ3n) is 3.82. The van der Waals surface area contributed by atoms with Crippen LogP contribution in [-0.2, 0) is 9.59 Å². The van der Waals surface area contributed by atoms with Crippen LogP contribution in [0.1, 0.15) is 58.3 Å². The number of nitrogens with one attached hydrogen (secondary N) is 1. The van der Waals surface area contributed by atoms with E-state index in [0.29, 0.717) is 13.0 Å². The Balaban J connectivity index is 2.36. The molecule has 17 heavy (non-hydrogen) atoms. The lowest BCUT2D eigenvalue weighted by Crippen LogP contribution is -2.42. The maximum Gasteiger partial charge on any atom is 0.303 e. The molecule has 98 valence electrons. The third-order valence-corrected chi connectivity index (χ3v) is 3.82. The Morgan fingerprint density at radius 1 is 1.24 bits per heavy atom. The van der Waals surface area contributed by atoms with Gasteiger partial charge in [0.1, 0.15) is 0 Å². The summed E-state index contributed by atoms with van der Waals surface area (Å²) in [5.41, 5.74) is -0.179. The summed E-state index contributed by atoms with van der Waals surface area (Å²) in [7, 11) is 0. The van der Waals surface area contributed by atoms with Crippen molar-refractivity contribution in [3.05, 3.63) is 0 Å². The van der Waals surface area contributed by atoms with Gasteiger partial charge in [-0.3, -0.25) is 9.59 Å². The van der Waals surface area contributed by atoms with Gasteiger partial charge in [-0.1, -0.05) is 26.2 Å². The van der Waals surface area contributed by atoms with Gasteiger partial charge in [0.15, 0.2) is 0 Å². The van der Waals surface area contributed by atoms with Crippen molar-refractivity contribution in [1.82, 2.24) is 5.32 Å². The zero-order valence-corrected chi connectivity index (χ0v) is 10.6. The smallest absolute Gasteiger partial charge is 0.303 e. The average molecular weight is 241 g/mol. The van der Waals surface area contributed by atoms with E-state index < -0.39 is 5.97 Å². The van der Waals surface area contributed by atoms with E-state index in [2.05, 4.69) is 12.2 Å². The topological polar surface area (TPSA) is 66.4 Å². The van der Waals surface area contributed by atoms with E-state index in [-0.39, 0.29) is 17.7 Å². The monoisotopic (exact) mass is 241 g/mol. The number of carbonyl (C=O) groups excluding carboxylic acids is 1. The Morgan fingerprint density at radius 2 is 1.88 bits per heavy atom. The van der Waals surface area contributed by atoms with Crippen molar-refractivity contribution in [2.24, 2.45) is 5.41 Å². The first-order valence-corrected chi connectivity index (χ1v) is 6.61. The average Bonchev–Trinajstić information content (AvgIpc) is 2.35. The molecule has 1 aliphatic carbocycles. The maximum atomic E-state index is 12.1. The Kier molecular flexibility index (Phi) is 5.45. The van der Waals surface area contributed by atoms with Gasteiger partial charge in [-0.05, 0) is 25.7 Å². The SMILES string of the molecule is CCC1(C(=O)NCCCC(=O)O)CCCCC1. The second-order valence-electron chi connectivity index (χ2n) is 4.95. The maximum absolute atomic E-state index is 12.1. The summed E-state index contributed by atoms with van der Waals surface area (Å²) < 4.78 is 0. The van der Waals surface area contributed by atoms with Crippen molar-refractivity contribution >= 4 is 11.9 Å². The van der Waals surface area contributed by atoms with Gasteiger partial charge in [-0.15, -0.1) is 0 Å². The Labute approximate surface area is 103 Å². The van der Waals surface area contributed by atoms with Gasteiger partial charge in [0, 0.05) is 18.4 Å². The molecule has 0 aromatic heterocycles. The standard InChI is InChI=1S/C13H23NO3/c1-2-13(8-4-3-5-9-13)12(17)14-10-6-7-11(15)16/h2-10H2,1H3,(H,14,17)(H,15,16). The Hall–Kier alpha value is -1.06. The lowest BCUT2D eigenvalue weighted by molar-refractivity contribution is -0.137. The number of amides is 1. The van der Waals surface area contributed by atoms with Gasteiger partial charge in [-0.25, -0.2) is 0 Å². The highest BCUT2D eigenvalue weighted by molar-refractivity contribution is 5.82. The van der Waals surface area contributed by atoms with Gasteiger partial charge < -0.3 is 10.4 Å². The summed E-state index contributed by atoms with van der Waals surface area (Å²) in [4.78, 5) is 22.5. The lowest BCUT2D eigenvalue weighted by Gasteiger charge is -2.34. The van der Waals surface area contributed by atoms with Crippen LogP contribution in [0.2, 0.25) is 0 Å². The molecule has 1 amide bonds. The number of hydrogen-bond acceptors (Lipinski definition) is 2. The van der Waals surface area contributed by atoms with Crippen LogP contribution in [0.5, 0.6) is 0 Å². The summed E-state index contributed by atoms with van der Waals surface area (Å²) in [6.07, 6.45) is 6.99. The predicted molar refractivity (Wildman–Crippen MR) is 65.7 cm³/mol. The second-order valence-corrected chi connectivity index (χ2v) is 4.95. The van der Waals surface area contributed by atoms with Gasteiger partial charge in [0.25, 0.3) is 0 Å². The molecule has 0 bridgehead atoms. The lowest BCUT2D eigenvalue weighted by atomic mass is 9.71. The van der Waals surface area contributed by atoms with Gasteiger partial charge in [0.2, 0.25) is 5.91 Å². The molecule has 0 atom stereocenters. The van der Waals surface area contributed by atoms with E-state index in [1.807, 2.05) is 0 Å². The summed E-state index contributed by atoms with van der Waals surface area (Å²) >= 11 is 0. The minimum Gasteiger partial charge on any atom is -0.481 e. The number of carboxylic acid groups (broad SMARTS) is 1. The van der Waals surface area contributed by atoms with Crippen molar-refractivity contribution in [3.63, 3.8) is 0 Å². The molecule has 0 aromatic rings. The number of carboxylic acids is 1. The van der Waals surface area contributed by atoms with E-state index in [1.54, 1.807) is 0 Å². The number of carbonyl (C=O) groups is 2. The van der Waals surface area contributed by atoms with Crippen molar-refractivity contribution in [2.45, 2.75) is 58.3 Å². The molecule has 1 aliphatic rings. The molecule has 0 radical (unpaired) electrons. The van der Waals surface area contributed by atoms with E-state index >= 15 is 0 Å². The molecule has 0 spiro atoms. The van der Waals surface area contributed by atoms with Gasteiger partial charge in [0.05, 0.1) is 0 Å². The number of hydrogen-bond donors (Lipinski definition) is 2. The number of rotatable bonds is 6. The largest absolute Gasteiger partial charge is 0.481 e. The van der Waals surface area contributed by atoms with Crippen molar-refractivity contribution in [2.75, 3.05) is 6.54 Å². The molecule has 0 saturated heterocycles. The summed E-state index contributed by atoms with van der Waals surface area (Å²) in [5, 5.41) is 11.4. The first kappa shape index (κ1) is 14.0. The zero-order valence-electron chi connectivity index (χ0n) is 10.6. The normalized spacial score (nSPS) is 18.6. The molecule has 0 unspecified atom stereocenters. The van der Waals surface area contributed by atoms with Crippen LogP contribution in [-0.4, -0.2) is 23.5 Å². The van der Waals surface area contributed by atoms with Crippen LogP contribution in [0.15, 0.2) is 0 Å². The van der Waals surface area contributed by atoms with Crippen LogP contribution in [0.3, 0.4) is 0 Å². The van der Waals surface area contributed by atoms with Crippen molar-refractivity contribution < 1.29 is 14.7 Å². The first-order chi connectivity index (χ1) is 8.10. The first-order valence-electron chi connectivity index (χ1n) is 6.61. The van der Waals surface area contributed by atoms with E-state index in [1.165, 1.54) is 6.42 Å². The molecular formula is C13H23NO3. The zero-order chi connectivity index (χ0) is 12.7. The van der Waals surface area contributed by atoms with E-state index in [4.69, 9.17) is 5.11 Å². The summed E-state index contributed by atoms with van der Waals surface area (Å²) in [6.45, 7) is 2.55. The highest BCUT2D eigenvalue weighted by Crippen LogP contribution is 2.39. The summed E-state index contributed by atoms with van der Waals surface area (Å²) in [6, 6.07) is 0. The van der Waals surface area contributed by atoms with Crippen molar-refractivity contribution in [3.8, 4) is 0 Å². The molecule has 4 heteroatoms. The summed E-state index contributed by atoms with van der Waals surface area (Å²) in [5.74, 6) is -0.674. The molecule has 4 nitrogen and oxygen atoms in total. The van der Waals surface area contributed by atoms with Crippen LogP contribution in [0.25, 0.3) is 0 Å². The fourth-order valence-electron chi connectivity index (χ4n) is 2.60. The van der Waals surface area contributed by atoms with Crippen LogP contribution >= 0.6 is 0 Å². The van der Waals surface area contributed by atoms with Gasteiger partial charge >= 0.3 is 5.97 Å². The molecule has 2 N–H and O–H groups in total. The highest BCUT2D eigenvalue weighted by Gasteiger charge is 2.37. The molecule has 0 aliphatic heterocycles. The third kappa shape index (κ3) is 4.02. The van der Waals surface area contributed by atoms with Crippen molar-refractivity contribution in [1.29, 1.82) is 0 Å². The Morgan fingerprint density at radius 3 is 2.41 bits per heavy atom. The molecule has 1 fully saturated rings. The molecule has 0 aromatic carbocycles. The van der Waals surface area contributed by atoms with Gasteiger partial charge in [-0.2, -0.15) is 0 Å². The van der Waals surface area contributed by atoms with E-state index in [0.717, 1.165) is 32.1 Å². The van der Waals surface area contributed by atoms with Crippen LogP contribution < -0.4 is 5.32 Å². The van der Waals surface area contributed by atoms with E-state index in [9.17, 15) is 9.59 Å². The highest BCUT2D eigenvalue weighted by atomic mass is 16.4. The Bertz CT molecular complexity index is 270. The molecule has 1 saturated carbocycles.